The lowest BCUT2D eigenvalue weighted by Crippen LogP contribution is -2.36. The fourth-order valence-electron chi connectivity index (χ4n) is 3.02. The fourth-order valence-corrected chi connectivity index (χ4v) is 3.37. The average Bonchev–Trinajstić information content (AvgIpc) is 3.20. The topological polar surface area (TPSA) is 75.9 Å². The summed E-state index contributed by atoms with van der Waals surface area (Å²) in [6.45, 7) is 6.96. The van der Waals surface area contributed by atoms with Crippen LogP contribution in [0, 0.1) is 5.92 Å². The normalized spacial score (nSPS) is 17.3. The Kier molecular flexibility index (Phi) is 5.74. The van der Waals surface area contributed by atoms with E-state index in [4.69, 9.17) is 4.74 Å². The van der Waals surface area contributed by atoms with Crippen LogP contribution in [0.5, 0.6) is 0 Å². The van der Waals surface area contributed by atoms with Crippen LogP contribution in [0.4, 0.5) is 10.6 Å². The summed E-state index contributed by atoms with van der Waals surface area (Å²) in [7, 11) is 0. The number of aromatic nitrogens is 2. The van der Waals surface area contributed by atoms with Gasteiger partial charge in [-0.3, -0.25) is 4.79 Å². The van der Waals surface area contributed by atoms with Crippen LogP contribution in [0.15, 0.2) is 29.0 Å². The van der Waals surface area contributed by atoms with E-state index in [1.165, 1.54) is 0 Å². The highest BCUT2D eigenvalue weighted by Crippen LogP contribution is 2.23. The number of fused-ring (bicyclic) bond motifs is 1. The lowest BCUT2D eigenvalue weighted by Gasteiger charge is -2.26. The predicted molar refractivity (Wildman–Crippen MR) is 107 cm³/mol. The van der Waals surface area contributed by atoms with Crippen molar-refractivity contribution in [1.29, 1.82) is 0 Å². The molecular weight excluding hydrogens is 412 g/mol. The van der Waals surface area contributed by atoms with E-state index in [0.29, 0.717) is 25.3 Å². The average molecular weight is 437 g/mol. The molecule has 2 amide bonds. The van der Waals surface area contributed by atoms with Crippen LogP contribution >= 0.6 is 15.9 Å². The van der Waals surface area contributed by atoms with Crippen molar-refractivity contribution in [2.45, 2.75) is 45.6 Å². The summed E-state index contributed by atoms with van der Waals surface area (Å²) in [6, 6.07) is 3.78. The second kappa shape index (κ2) is 7.88. The first-order valence-electron chi connectivity index (χ1n) is 9.18. The lowest BCUT2D eigenvalue weighted by atomic mass is 10.0. The minimum atomic E-state index is -0.468. The molecule has 1 aliphatic heterocycles. The third kappa shape index (κ3) is 5.00. The molecule has 146 valence electrons. The SMILES string of the molecule is CCC(C)(C)OC(=O)N1CCC(CC(=O)Nc2cn3cc(Br)ccc3n2)C1. The molecule has 0 spiro atoms. The Morgan fingerprint density at radius 2 is 2.15 bits per heavy atom. The minimum absolute atomic E-state index is 0.0911. The van der Waals surface area contributed by atoms with Crippen molar-refractivity contribution >= 4 is 39.4 Å². The van der Waals surface area contributed by atoms with Gasteiger partial charge in [-0.25, -0.2) is 9.78 Å². The predicted octanol–water partition coefficient (Wildman–Crippen LogP) is 4.07. The van der Waals surface area contributed by atoms with E-state index in [-0.39, 0.29) is 17.9 Å². The Hall–Kier alpha value is -2.09. The molecule has 2 aromatic rings. The molecule has 1 fully saturated rings. The smallest absolute Gasteiger partial charge is 0.410 e. The Morgan fingerprint density at radius 1 is 1.37 bits per heavy atom. The van der Waals surface area contributed by atoms with Gasteiger partial charge in [0.1, 0.15) is 11.2 Å². The number of carbonyl (C=O) groups excluding carboxylic acids is 2. The number of hydrogen-bond donors (Lipinski definition) is 1. The van der Waals surface area contributed by atoms with Crippen LogP contribution in [0.25, 0.3) is 5.65 Å². The van der Waals surface area contributed by atoms with E-state index in [9.17, 15) is 9.59 Å². The van der Waals surface area contributed by atoms with Crippen LogP contribution in [-0.4, -0.2) is 45.0 Å². The van der Waals surface area contributed by atoms with Crippen molar-refractivity contribution < 1.29 is 14.3 Å². The van der Waals surface area contributed by atoms with Crippen molar-refractivity contribution in [3.8, 4) is 0 Å². The molecule has 0 aliphatic carbocycles. The van der Waals surface area contributed by atoms with Gasteiger partial charge in [-0.15, -0.1) is 0 Å². The number of rotatable bonds is 5. The van der Waals surface area contributed by atoms with Gasteiger partial charge in [-0.1, -0.05) is 6.92 Å². The van der Waals surface area contributed by atoms with Crippen molar-refractivity contribution in [1.82, 2.24) is 14.3 Å². The molecule has 0 radical (unpaired) electrons. The molecule has 1 atom stereocenters. The molecule has 27 heavy (non-hydrogen) atoms. The maximum atomic E-state index is 12.4. The Bertz CT molecular complexity index is 849. The fraction of sp³-hybridized carbons (Fsp3) is 0.526. The minimum Gasteiger partial charge on any atom is -0.443 e. The van der Waals surface area contributed by atoms with Gasteiger partial charge in [-0.2, -0.15) is 0 Å². The number of anilines is 1. The summed E-state index contributed by atoms with van der Waals surface area (Å²) >= 11 is 3.41. The highest BCUT2D eigenvalue weighted by molar-refractivity contribution is 9.10. The number of carbonyl (C=O) groups is 2. The van der Waals surface area contributed by atoms with Crippen LogP contribution in [0.3, 0.4) is 0 Å². The lowest BCUT2D eigenvalue weighted by molar-refractivity contribution is -0.117. The standard InChI is InChI=1S/C19H25BrN4O3/c1-4-19(2,3)27-18(26)23-8-7-13(10-23)9-17(25)22-15-12-24-11-14(20)5-6-16(24)21-15/h5-6,11-13H,4,7-10H2,1-3H3,(H,22,25). The molecule has 2 aromatic heterocycles. The van der Waals surface area contributed by atoms with E-state index in [0.717, 1.165) is 23.0 Å². The van der Waals surface area contributed by atoms with Gasteiger partial charge >= 0.3 is 6.09 Å². The zero-order valence-electron chi connectivity index (χ0n) is 15.9. The molecule has 7 nitrogen and oxygen atoms in total. The van der Waals surface area contributed by atoms with E-state index in [2.05, 4.69) is 26.2 Å². The Balaban J connectivity index is 1.52. The van der Waals surface area contributed by atoms with Crippen LogP contribution < -0.4 is 5.32 Å². The molecule has 0 aromatic carbocycles. The molecule has 1 N–H and O–H groups in total. The molecule has 1 saturated heterocycles. The Morgan fingerprint density at radius 3 is 2.89 bits per heavy atom. The van der Waals surface area contributed by atoms with Gasteiger partial charge in [0.2, 0.25) is 5.91 Å². The molecule has 0 bridgehead atoms. The van der Waals surface area contributed by atoms with Crippen LogP contribution in [0.2, 0.25) is 0 Å². The third-order valence-corrected chi connectivity index (χ3v) is 5.38. The number of ether oxygens (including phenoxy) is 1. The number of imidazole rings is 1. The molecule has 1 unspecified atom stereocenters. The number of hydrogen-bond acceptors (Lipinski definition) is 4. The highest BCUT2D eigenvalue weighted by Gasteiger charge is 2.31. The summed E-state index contributed by atoms with van der Waals surface area (Å²) in [5.41, 5.74) is 0.298. The van der Waals surface area contributed by atoms with Crippen LogP contribution in [0.1, 0.15) is 40.0 Å². The molecule has 1 aliphatic rings. The molecule has 3 rings (SSSR count). The summed E-state index contributed by atoms with van der Waals surface area (Å²) in [5.74, 6) is 0.567. The van der Waals surface area contributed by atoms with Crippen LogP contribution in [-0.2, 0) is 9.53 Å². The number of nitrogens with zero attached hydrogens (tertiary/aromatic N) is 3. The second-order valence-corrected chi connectivity index (χ2v) is 8.49. The van der Waals surface area contributed by atoms with Crippen molar-refractivity contribution in [2.75, 3.05) is 18.4 Å². The zero-order valence-corrected chi connectivity index (χ0v) is 17.5. The molecule has 3 heterocycles. The summed E-state index contributed by atoms with van der Waals surface area (Å²) in [4.78, 5) is 30.7. The quantitative estimate of drug-likeness (QED) is 0.765. The monoisotopic (exact) mass is 436 g/mol. The second-order valence-electron chi connectivity index (χ2n) is 7.57. The van der Waals surface area contributed by atoms with Crippen molar-refractivity contribution in [3.05, 3.63) is 29.0 Å². The maximum Gasteiger partial charge on any atom is 0.410 e. The Labute approximate surface area is 167 Å². The highest BCUT2D eigenvalue weighted by atomic mass is 79.9. The number of nitrogens with one attached hydrogen (secondary N) is 1. The van der Waals surface area contributed by atoms with E-state index in [1.54, 1.807) is 11.1 Å². The van der Waals surface area contributed by atoms with Crippen molar-refractivity contribution in [2.24, 2.45) is 5.92 Å². The van der Waals surface area contributed by atoms with Crippen molar-refractivity contribution in [3.63, 3.8) is 0 Å². The first-order chi connectivity index (χ1) is 12.8. The number of pyridine rings is 1. The third-order valence-electron chi connectivity index (χ3n) is 4.92. The van der Waals surface area contributed by atoms with Gasteiger partial charge in [0, 0.05) is 30.2 Å². The first-order valence-corrected chi connectivity index (χ1v) is 9.97. The summed E-state index contributed by atoms with van der Waals surface area (Å²) in [5, 5.41) is 2.85. The number of halogens is 1. The van der Waals surface area contributed by atoms with Gasteiger partial charge < -0.3 is 19.4 Å². The maximum absolute atomic E-state index is 12.4. The van der Waals surface area contributed by atoms with Gasteiger partial charge in [0.05, 0.1) is 6.20 Å². The van der Waals surface area contributed by atoms with Gasteiger partial charge in [0.25, 0.3) is 0 Å². The molecular formula is C19H25BrN4O3. The van der Waals surface area contributed by atoms with Gasteiger partial charge in [-0.05, 0) is 60.7 Å². The molecule has 8 heteroatoms. The largest absolute Gasteiger partial charge is 0.443 e. The van der Waals surface area contributed by atoms with E-state index >= 15 is 0 Å². The van der Waals surface area contributed by atoms with Gasteiger partial charge in [0.15, 0.2) is 5.82 Å². The van der Waals surface area contributed by atoms with E-state index < -0.39 is 5.60 Å². The summed E-state index contributed by atoms with van der Waals surface area (Å²) < 4.78 is 8.32. The zero-order chi connectivity index (χ0) is 19.6. The molecule has 0 saturated carbocycles. The number of likely N-dealkylation sites (tertiary alicyclic amines) is 1. The summed E-state index contributed by atoms with van der Waals surface area (Å²) in [6.07, 6.45) is 5.29. The van der Waals surface area contributed by atoms with E-state index in [1.807, 2.05) is 43.5 Å². The first kappa shape index (κ1) is 19.7. The number of amides is 2.